The molecule has 10 nitrogen and oxygen atoms in total. The second kappa shape index (κ2) is 21.5. The Hall–Kier alpha value is -3.24. The summed E-state index contributed by atoms with van der Waals surface area (Å²) in [4.78, 5) is 40.6. The highest BCUT2D eigenvalue weighted by Gasteiger charge is 2.24. The molecule has 1 atom stereocenters. The van der Waals surface area contributed by atoms with Crippen LogP contribution < -0.4 is 5.73 Å². The van der Waals surface area contributed by atoms with Gasteiger partial charge >= 0.3 is 17.9 Å². The number of aliphatic hydroxyl groups is 1. The van der Waals surface area contributed by atoms with Crippen molar-refractivity contribution in [3.63, 3.8) is 0 Å². The lowest BCUT2D eigenvalue weighted by molar-refractivity contribution is -0.139. The molecule has 3 N–H and O–H groups in total. The molecule has 176 valence electrons. The fourth-order valence-electron chi connectivity index (χ4n) is 0.927. The summed E-state index contributed by atoms with van der Waals surface area (Å²) in [5.74, 6) is -1.61. The maximum absolute atomic E-state index is 10.7. The van der Waals surface area contributed by atoms with Gasteiger partial charge in [0.05, 0.1) is 20.3 Å². The highest BCUT2D eigenvalue weighted by Crippen LogP contribution is 2.09. The first-order chi connectivity index (χ1) is 14.5. The van der Waals surface area contributed by atoms with Crippen molar-refractivity contribution >= 4 is 23.8 Å². The van der Waals surface area contributed by atoms with Crippen molar-refractivity contribution in [1.29, 1.82) is 0 Å². The topological polar surface area (TPSA) is 155 Å². The molecule has 0 saturated carbocycles. The van der Waals surface area contributed by atoms with Crippen molar-refractivity contribution in [3.8, 4) is 0 Å². The van der Waals surface area contributed by atoms with Gasteiger partial charge in [-0.1, -0.05) is 26.3 Å². The van der Waals surface area contributed by atoms with Gasteiger partial charge < -0.3 is 29.8 Å². The summed E-state index contributed by atoms with van der Waals surface area (Å²) in [6, 6.07) is 0. The molecule has 1 unspecified atom stereocenters. The average molecular weight is 443 g/mol. The number of hydrogen-bond donors (Lipinski definition) is 2. The first kappa shape index (κ1) is 32.4. The van der Waals surface area contributed by atoms with Crippen LogP contribution in [0.25, 0.3) is 0 Å². The van der Waals surface area contributed by atoms with E-state index in [1.165, 1.54) is 7.11 Å². The molecule has 0 aromatic heterocycles. The third-order valence-electron chi connectivity index (χ3n) is 2.60. The third-order valence-corrected chi connectivity index (χ3v) is 2.60. The van der Waals surface area contributed by atoms with Gasteiger partial charge in [0.25, 0.3) is 0 Å². The standard InChI is InChI=1S/C7H10O3.C6H10O3.C5H8O2.C3H5NO/c1-5(2)7(8)10-4-6-3-9-6;1-2-6(8)9-5-3-4-7;1-4(2)5(6)7-3;1-2-3(4)5/h6H,1,3-4H2,2H3;2,7H,1,3-5H2;1H2,2-3H3;2H,1H2,(H2,4,5). The molecule has 0 radical (unpaired) electrons. The van der Waals surface area contributed by atoms with Gasteiger partial charge in [-0.05, 0) is 19.9 Å². The monoisotopic (exact) mass is 443 g/mol. The number of ether oxygens (including phenoxy) is 4. The van der Waals surface area contributed by atoms with Crippen molar-refractivity contribution in [3.05, 3.63) is 49.6 Å². The average Bonchev–Trinajstić information content (AvgIpc) is 3.57. The molecule has 1 aliphatic rings. The minimum Gasteiger partial charge on any atom is -0.466 e. The molecule has 1 fully saturated rings. The first-order valence-corrected chi connectivity index (χ1v) is 8.96. The van der Waals surface area contributed by atoms with E-state index in [0.717, 1.165) is 12.2 Å². The SMILES string of the molecule is C=C(C)C(=O)OC.C=C(C)C(=O)OCC1CO1.C=CC(=O)OCCCO.C=CC(N)=O. The van der Waals surface area contributed by atoms with E-state index in [-0.39, 0.29) is 31.3 Å². The fourth-order valence-corrected chi connectivity index (χ4v) is 0.927. The smallest absolute Gasteiger partial charge is 0.333 e. The quantitative estimate of drug-likeness (QED) is 0.174. The highest BCUT2D eigenvalue weighted by atomic mass is 16.6. The number of epoxide rings is 1. The summed E-state index contributed by atoms with van der Waals surface area (Å²) in [5, 5.41) is 8.23. The number of carbonyl (C=O) groups excluding carboxylic acids is 4. The second-order valence-corrected chi connectivity index (χ2v) is 5.66. The van der Waals surface area contributed by atoms with E-state index in [1.807, 2.05) is 0 Å². The van der Waals surface area contributed by atoms with Crippen LogP contribution in [0, 0.1) is 0 Å². The molecule has 0 spiro atoms. The number of amides is 1. The molecule has 0 aromatic carbocycles. The zero-order chi connectivity index (χ0) is 24.8. The van der Waals surface area contributed by atoms with Gasteiger partial charge in [-0.3, -0.25) is 4.79 Å². The van der Waals surface area contributed by atoms with E-state index in [1.54, 1.807) is 13.8 Å². The van der Waals surface area contributed by atoms with E-state index in [9.17, 15) is 19.2 Å². The maximum Gasteiger partial charge on any atom is 0.333 e. The Labute approximate surface area is 183 Å². The number of aliphatic hydroxyl groups excluding tert-OH is 1. The number of rotatable bonds is 9. The number of hydrogen-bond acceptors (Lipinski definition) is 9. The van der Waals surface area contributed by atoms with Crippen LogP contribution in [0.15, 0.2) is 49.6 Å². The van der Waals surface area contributed by atoms with Crippen LogP contribution in [0.4, 0.5) is 0 Å². The number of carbonyl (C=O) groups is 4. The zero-order valence-electron chi connectivity index (χ0n) is 18.4. The summed E-state index contributed by atoms with van der Waals surface area (Å²) in [7, 11) is 1.33. The molecule has 10 heteroatoms. The molecule has 1 amide bonds. The molecule has 1 saturated heterocycles. The van der Waals surface area contributed by atoms with Gasteiger partial charge in [-0.2, -0.15) is 0 Å². The first-order valence-electron chi connectivity index (χ1n) is 8.96. The highest BCUT2D eigenvalue weighted by molar-refractivity contribution is 5.87. The molecule has 0 bridgehead atoms. The van der Waals surface area contributed by atoms with Crippen molar-refractivity contribution in [2.45, 2.75) is 26.4 Å². The fraction of sp³-hybridized carbons (Fsp3) is 0.429. The number of nitrogens with two attached hydrogens (primary N) is 1. The lowest BCUT2D eigenvalue weighted by atomic mass is 10.4. The van der Waals surface area contributed by atoms with Crippen molar-refractivity contribution in [1.82, 2.24) is 0 Å². The van der Waals surface area contributed by atoms with Gasteiger partial charge in [0.15, 0.2) is 0 Å². The van der Waals surface area contributed by atoms with Crippen LogP contribution in [0.5, 0.6) is 0 Å². The molecule has 1 heterocycles. The van der Waals surface area contributed by atoms with Gasteiger partial charge in [0, 0.05) is 30.2 Å². The minimum absolute atomic E-state index is 0.0461. The van der Waals surface area contributed by atoms with Crippen molar-refractivity contribution < 1.29 is 43.2 Å². The largest absolute Gasteiger partial charge is 0.466 e. The van der Waals surface area contributed by atoms with E-state index in [4.69, 9.17) is 14.6 Å². The zero-order valence-corrected chi connectivity index (χ0v) is 18.4. The van der Waals surface area contributed by atoms with E-state index < -0.39 is 11.9 Å². The third kappa shape index (κ3) is 29.1. The molecule has 0 aliphatic carbocycles. The van der Waals surface area contributed by atoms with Crippen LogP contribution in [0.1, 0.15) is 20.3 Å². The van der Waals surface area contributed by atoms with E-state index >= 15 is 0 Å². The Morgan fingerprint density at radius 1 is 1.06 bits per heavy atom. The Morgan fingerprint density at radius 2 is 1.55 bits per heavy atom. The Morgan fingerprint density at radius 3 is 1.81 bits per heavy atom. The molecular formula is C21H33NO9. The minimum atomic E-state index is -0.481. The Kier molecular flexibility index (Phi) is 22.5. The summed E-state index contributed by atoms with van der Waals surface area (Å²) < 4.78 is 18.4. The van der Waals surface area contributed by atoms with Gasteiger partial charge in [-0.25, -0.2) is 14.4 Å². The summed E-state index contributed by atoms with van der Waals surface area (Å²) in [6.07, 6.45) is 2.78. The van der Waals surface area contributed by atoms with Gasteiger partial charge in [-0.15, -0.1) is 0 Å². The second-order valence-electron chi connectivity index (χ2n) is 5.66. The number of primary amides is 1. The van der Waals surface area contributed by atoms with Gasteiger partial charge in [0.1, 0.15) is 12.7 Å². The summed E-state index contributed by atoms with van der Waals surface area (Å²) in [6.45, 7) is 17.7. The summed E-state index contributed by atoms with van der Waals surface area (Å²) >= 11 is 0. The Balaban J connectivity index is -0.000000348. The molecule has 1 aliphatic heterocycles. The summed E-state index contributed by atoms with van der Waals surface area (Å²) in [5.41, 5.74) is 5.40. The molecule has 31 heavy (non-hydrogen) atoms. The lowest BCUT2D eigenvalue weighted by Crippen LogP contribution is -2.09. The normalized spacial score (nSPS) is 12.3. The lowest BCUT2D eigenvalue weighted by Gasteiger charge is -1.99. The van der Waals surface area contributed by atoms with E-state index in [2.05, 4.69) is 41.5 Å². The molecule has 1 rings (SSSR count). The predicted octanol–water partition coefficient (Wildman–Crippen LogP) is 0.996. The van der Waals surface area contributed by atoms with Crippen molar-refractivity contribution in [2.24, 2.45) is 5.73 Å². The van der Waals surface area contributed by atoms with Crippen LogP contribution in [-0.4, -0.2) is 68.6 Å². The Bertz CT molecular complexity index is 622. The number of esters is 3. The van der Waals surface area contributed by atoms with Crippen LogP contribution in [-0.2, 0) is 38.1 Å². The number of methoxy groups -OCH3 is 1. The maximum atomic E-state index is 10.7. The van der Waals surface area contributed by atoms with Crippen molar-refractivity contribution in [2.75, 3.05) is 33.5 Å². The van der Waals surface area contributed by atoms with Crippen LogP contribution in [0.3, 0.4) is 0 Å². The van der Waals surface area contributed by atoms with Gasteiger partial charge in [0.2, 0.25) is 5.91 Å². The predicted molar refractivity (Wildman–Crippen MR) is 115 cm³/mol. The molecule has 0 aromatic rings. The van der Waals surface area contributed by atoms with E-state index in [0.29, 0.717) is 30.8 Å². The van der Waals surface area contributed by atoms with Crippen LogP contribution in [0.2, 0.25) is 0 Å². The van der Waals surface area contributed by atoms with Crippen LogP contribution >= 0.6 is 0 Å². The molecular weight excluding hydrogens is 410 g/mol.